The molecule has 8 aromatic rings. The molecule has 2 aliphatic carbocycles. The molecule has 0 bridgehead atoms. The first-order chi connectivity index (χ1) is 34.2. The van der Waals surface area contributed by atoms with E-state index in [1.54, 1.807) is 0 Å². The molecule has 0 fully saturated rings. The number of benzene rings is 8. The van der Waals surface area contributed by atoms with Gasteiger partial charge in [-0.05, 0) is 112 Å². The topological polar surface area (TPSA) is 0 Å². The maximum absolute atomic E-state index is 4.10. The van der Waals surface area contributed by atoms with Gasteiger partial charge in [-0.2, -0.15) is 0 Å². The Hall–Kier alpha value is -7.64. The highest BCUT2D eigenvalue weighted by molar-refractivity contribution is 6.06. The molecule has 2 aliphatic rings. The van der Waals surface area contributed by atoms with Crippen molar-refractivity contribution in [2.75, 3.05) is 0 Å². The van der Waals surface area contributed by atoms with Gasteiger partial charge in [0.25, 0.3) is 0 Å². The molecule has 0 saturated heterocycles. The van der Waals surface area contributed by atoms with Crippen molar-refractivity contribution in [3.63, 3.8) is 0 Å². The molecule has 0 nitrogen and oxygen atoms in total. The van der Waals surface area contributed by atoms with Crippen LogP contribution in [0.25, 0.3) is 44.5 Å². The molecule has 0 saturated carbocycles. The summed E-state index contributed by atoms with van der Waals surface area (Å²) in [5, 5.41) is 0. The van der Waals surface area contributed by atoms with Crippen LogP contribution in [-0.4, -0.2) is 0 Å². The summed E-state index contributed by atoms with van der Waals surface area (Å²) in [7, 11) is 0. The van der Waals surface area contributed by atoms with Crippen LogP contribution in [0.15, 0.2) is 193 Å². The van der Waals surface area contributed by atoms with Crippen molar-refractivity contribution in [2.45, 2.75) is 105 Å². The van der Waals surface area contributed by atoms with Gasteiger partial charge in [0.1, 0.15) is 0 Å². The van der Waals surface area contributed by atoms with Gasteiger partial charge < -0.3 is 0 Å². The Kier molecular flexibility index (Phi) is 12.1. The Morgan fingerprint density at radius 1 is 0.264 bits per heavy atom. The van der Waals surface area contributed by atoms with Crippen LogP contribution in [0.3, 0.4) is 0 Å². The average Bonchev–Trinajstić information content (AvgIpc) is 3.86. The molecule has 0 unspecified atom stereocenters. The highest BCUT2D eigenvalue weighted by Crippen LogP contribution is 2.48. The monoisotopic (exact) mass is 931 g/mol. The number of rotatable bonds is 4. The molecule has 0 heterocycles. The van der Waals surface area contributed by atoms with Gasteiger partial charge in [-0.15, -0.1) is 11.5 Å². The smallest absolute Gasteiger partial charge is 0.0341 e. The first kappa shape index (κ1) is 48.0. The fourth-order valence-corrected chi connectivity index (χ4v) is 10.3. The summed E-state index contributed by atoms with van der Waals surface area (Å²) in [4.78, 5) is 0. The molecule has 0 amide bonds. The molecular weight excluding hydrogens is 865 g/mol. The van der Waals surface area contributed by atoms with E-state index in [4.69, 9.17) is 0 Å². The fraction of sp³-hybridized carbons (Fsp3) is 0.222. The zero-order valence-corrected chi connectivity index (χ0v) is 44.3. The van der Waals surface area contributed by atoms with E-state index < -0.39 is 0 Å². The number of hydrogen-bond donors (Lipinski definition) is 0. The molecular formula is C72H66. The van der Waals surface area contributed by atoms with E-state index in [-0.39, 0.29) is 21.7 Å². The van der Waals surface area contributed by atoms with Crippen LogP contribution >= 0.6 is 0 Å². The molecule has 0 aliphatic heterocycles. The van der Waals surface area contributed by atoms with Gasteiger partial charge in [-0.3, -0.25) is 0 Å². The van der Waals surface area contributed by atoms with Crippen LogP contribution in [0.1, 0.15) is 161 Å². The minimum absolute atomic E-state index is 0.0413. The van der Waals surface area contributed by atoms with Crippen molar-refractivity contribution in [3.8, 4) is 34.1 Å². The van der Waals surface area contributed by atoms with E-state index >= 15 is 0 Å². The quantitative estimate of drug-likeness (QED) is 0.122. The van der Waals surface area contributed by atoms with E-state index in [0.717, 1.165) is 66.8 Å². The zero-order chi connectivity index (χ0) is 50.7. The van der Waals surface area contributed by atoms with Gasteiger partial charge in [-0.25, -0.2) is 0 Å². The van der Waals surface area contributed by atoms with Crippen LogP contribution in [0.5, 0.6) is 0 Å². The maximum atomic E-state index is 4.10. The Labute approximate surface area is 430 Å². The van der Waals surface area contributed by atoms with Crippen LogP contribution in [-0.2, 0) is 21.7 Å². The second-order valence-electron chi connectivity index (χ2n) is 23.9. The Bertz CT molecular complexity index is 3240. The molecule has 8 aromatic carbocycles. The van der Waals surface area contributed by atoms with E-state index in [1.165, 1.54) is 55.6 Å². The third-order valence-electron chi connectivity index (χ3n) is 14.6. The molecule has 72 heavy (non-hydrogen) atoms. The molecule has 0 spiro atoms. The zero-order valence-electron chi connectivity index (χ0n) is 44.3. The summed E-state index contributed by atoms with van der Waals surface area (Å²) in [5.74, 6) is 7.59. The van der Waals surface area contributed by atoms with Gasteiger partial charge in [0.15, 0.2) is 0 Å². The lowest BCUT2D eigenvalue weighted by atomic mass is 9.84. The number of fused-ring (bicyclic) bond motifs is 6. The summed E-state index contributed by atoms with van der Waals surface area (Å²) in [6, 6.07) is 67.1. The van der Waals surface area contributed by atoms with Crippen molar-refractivity contribution in [3.05, 3.63) is 271 Å². The van der Waals surface area contributed by atoms with Gasteiger partial charge in [0, 0.05) is 44.5 Å². The minimum atomic E-state index is 0.0413. The van der Waals surface area contributed by atoms with E-state index in [1.807, 2.05) is 0 Å². The summed E-state index contributed by atoms with van der Waals surface area (Å²) in [6.45, 7) is 27.3. The Morgan fingerprint density at radius 3 is 0.778 bits per heavy atom. The van der Waals surface area contributed by atoms with E-state index in [2.05, 4.69) is 288 Å². The highest BCUT2D eigenvalue weighted by Gasteiger charge is 2.29. The third kappa shape index (κ3) is 9.25. The fourth-order valence-electron chi connectivity index (χ4n) is 10.3. The number of hydrogen-bond acceptors (Lipinski definition) is 0. The van der Waals surface area contributed by atoms with Gasteiger partial charge in [0.05, 0.1) is 0 Å². The SMILES string of the molecule is CC(C)(C)c1ccc(C(=C=C2c3ccccc3-c3cccc(C#Cc4cccc5c4C(=C=C(c4ccc(C(C)(C)C)cc4)c4ccc(C(C)(C)C)cc4)c4ccccc4-5)c32)c2ccc(C(C)(C)C)cc2)cc1. The summed E-state index contributed by atoms with van der Waals surface area (Å²) in [5.41, 5.74) is 33.7. The molecule has 354 valence electrons. The predicted molar refractivity (Wildman–Crippen MR) is 307 cm³/mol. The van der Waals surface area contributed by atoms with Crippen LogP contribution in [0, 0.1) is 11.8 Å². The first-order valence-corrected chi connectivity index (χ1v) is 25.7. The third-order valence-corrected chi connectivity index (χ3v) is 14.6. The van der Waals surface area contributed by atoms with Crippen molar-refractivity contribution in [2.24, 2.45) is 0 Å². The lowest BCUT2D eigenvalue weighted by molar-refractivity contribution is 0.590. The largest absolute Gasteiger partial charge is 0.102 e. The van der Waals surface area contributed by atoms with Crippen LogP contribution in [0.2, 0.25) is 0 Å². The lowest BCUT2D eigenvalue weighted by Gasteiger charge is -2.20. The highest BCUT2D eigenvalue weighted by atomic mass is 14.3. The average molecular weight is 931 g/mol. The second-order valence-corrected chi connectivity index (χ2v) is 23.9. The van der Waals surface area contributed by atoms with Crippen molar-refractivity contribution >= 4 is 22.3 Å². The molecule has 0 aromatic heterocycles. The normalized spacial score (nSPS) is 12.7. The molecule has 0 radical (unpaired) electrons. The summed E-state index contributed by atoms with van der Waals surface area (Å²) >= 11 is 0. The van der Waals surface area contributed by atoms with Crippen molar-refractivity contribution in [1.29, 1.82) is 0 Å². The Balaban J connectivity index is 1.19. The lowest BCUT2D eigenvalue weighted by Crippen LogP contribution is -2.11. The van der Waals surface area contributed by atoms with Gasteiger partial charge in [-0.1, -0.05) is 265 Å². The summed E-state index contributed by atoms with van der Waals surface area (Å²) in [6.07, 6.45) is 0. The van der Waals surface area contributed by atoms with E-state index in [9.17, 15) is 0 Å². The Morgan fingerprint density at radius 2 is 0.514 bits per heavy atom. The maximum Gasteiger partial charge on any atom is 0.0341 e. The predicted octanol–water partition coefficient (Wildman–Crippen LogP) is 18.6. The van der Waals surface area contributed by atoms with Gasteiger partial charge >= 0.3 is 0 Å². The minimum Gasteiger partial charge on any atom is -0.102 e. The summed E-state index contributed by atoms with van der Waals surface area (Å²) < 4.78 is 0. The molecule has 0 N–H and O–H groups in total. The standard InChI is InChI=1S/C72H66/c1-69(2,3)53-37-29-47(30-38-53)63(48-31-39-54(40-32-48)70(4,5)6)45-65-59-23-15-13-21-57(59)61-25-17-19-51(67(61)65)27-28-52-20-18-26-62-58-22-14-16-24-60(58)66(68(52)62)46-64(49-33-41-55(42-34-49)71(7,8)9)50-35-43-56(44-36-50)72(10,11)12/h13-26,29-44H,1-12H3. The molecule has 0 atom stereocenters. The second kappa shape index (κ2) is 18.2. The van der Waals surface area contributed by atoms with Gasteiger partial charge in [0.2, 0.25) is 0 Å². The van der Waals surface area contributed by atoms with Crippen LogP contribution < -0.4 is 0 Å². The molecule has 10 rings (SSSR count). The van der Waals surface area contributed by atoms with Crippen molar-refractivity contribution < 1.29 is 0 Å². The first-order valence-electron chi connectivity index (χ1n) is 25.7. The van der Waals surface area contributed by atoms with E-state index in [0.29, 0.717) is 0 Å². The van der Waals surface area contributed by atoms with Crippen LogP contribution in [0.4, 0.5) is 0 Å². The molecule has 0 heteroatoms. The van der Waals surface area contributed by atoms with Crippen molar-refractivity contribution in [1.82, 2.24) is 0 Å².